The number of fused-ring (bicyclic) bond motifs is 3. The Morgan fingerprint density at radius 1 is 1.06 bits per heavy atom. The summed E-state index contributed by atoms with van der Waals surface area (Å²) in [5, 5.41) is 3.66. The predicted molar refractivity (Wildman–Crippen MR) is 71.5 cm³/mol. The average molecular weight is 245 g/mol. The molecule has 3 N–H and O–H groups in total. The molecule has 0 amide bonds. The molecule has 0 aliphatic carbocycles. The number of aromatic nitrogens is 1. The van der Waals surface area contributed by atoms with E-state index < -0.39 is 0 Å². The number of hydrogen-bond acceptors (Lipinski definition) is 2. The number of aromatic amines is 1. The fourth-order valence-corrected chi connectivity index (χ4v) is 2.19. The monoisotopic (exact) mass is 244 g/mol. The van der Waals surface area contributed by atoms with Crippen LogP contribution in [0.5, 0.6) is 0 Å². The van der Waals surface area contributed by atoms with Crippen molar-refractivity contribution >= 4 is 39.0 Å². The van der Waals surface area contributed by atoms with Gasteiger partial charge in [0.25, 0.3) is 5.56 Å². The molecule has 2 aromatic carbocycles. The molecule has 0 saturated heterocycles. The Bertz CT molecular complexity index is 792. The fraction of sp³-hybridized carbons (Fsp3) is 0. The van der Waals surface area contributed by atoms with Crippen LogP contribution in [0.3, 0.4) is 0 Å². The van der Waals surface area contributed by atoms with E-state index in [9.17, 15) is 4.79 Å². The highest BCUT2D eigenvalue weighted by atomic mass is 35.5. The van der Waals surface area contributed by atoms with Gasteiger partial charge in [0.15, 0.2) is 0 Å². The Balaban J connectivity index is 2.55. The van der Waals surface area contributed by atoms with Crippen molar-refractivity contribution in [1.82, 2.24) is 4.98 Å². The number of nitrogens with two attached hydrogens (primary N) is 1. The van der Waals surface area contributed by atoms with Crippen molar-refractivity contribution in [2.75, 3.05) is 5.73 Å². The second-order valence-corrected chi connectivity index (χ2v) is 4.38. The van der Waals surface area contributed by atoms with Crippen LogP contribution in [0, 0.1) is 0 Å². The van der Waals surface area contributed by atoms with Crippen molar-refractivity contribution in [3.05, 3.63) is 51.8 Å². The van der Waals surface area contributed by atoms with E-state index in [0.717, 1.165) is 21.7 Å². The molecule has 0 radical (unpaired) electrons. The molecule has 1 aromatic heterocycles. The molecular formula is C13H9ClN2O. The molecule has 0 atom stereocenters. The lowest BCUT2D eigenvalue weighted by Crippen LogP contribution is -2.10. The molecule has 0 fully saturated rings. The molecule has 3 aromatic rings. The van der Waals surface area contributed by atoms with Gasteiger partial charge in [0.05, 0.1) is 5.69 Å². The molecule has 3 nitrogen and oxygen atoms in total. The third-order valence-electron chi connectivity index (χ3n) is 2.83. The Hall–Kier alpha value is -2.00. The number of rotatable bonds is 0. The van der Waals surface area contributed by atoms with E-state index in [1.54, 1.807) is 6.07 Å². The van der Waals surface area contributed by atoms with Gasteiger partial charge in [-0.15, -0.1) is 0 Å². The van der Waals surface area contributed by atoms with Crippen LogP contribution in [0.15, 0.2) is 41.2 Å². The highest BCUT2D eigenvalue weighted by Crippen LogP contribution is 2.26. The smallest absolute Gasteiger partial charge is 0.271 e. The molecule has 0 bridgehead atoms. The molecule has 0 spiro atoms. The molecule has 0 saturated carbocycles. The number of nitrogen functional groups attached to an aromatic ring is 1. The number of hydrogen-bond donors (Lipinski definition) is 2. The Kier molecular flexibility index (Phi) is 2.09. The minimum Gasteiger partial charge on any atom is -0.394 e. The van der Waals surface area contributed by atoms with Crippen molar-refractivity contribution in [3.8, 4) is 0 Å². The summed E-state index contributed by atoms with van der Waals surface area (Å²) in [6, 6.07) is 11.1. The normalized spacial score (nSPS) is 11.1. The van der Waals surface area contributed by atoms with Gasteiger partial charge in [-0.05, 0) is 35.0 Å². The molecule has 4 heteroatoms. The average Bonchev–Trinajstić information content (AvgIpc) is 2.30. The maximum absolute atomic E-state index is 11.4. The summed E-state index contributed by atoms with van der Waals surface area (Å²) >= 11 is 5.94. The standard InChI is InChI=1S/C13H9ClN2O/c14-8-2-3-9-7(5-8)1-4-12-10(9)6-11(15)13(17)16-12/h1-6H,15H2,(H,16,17). The van der Waals surface area contributed by atoms with Crippen LogP contribution >= 0.6 is 11.6 Å². The van der Waals surface area contributed by atoms with Gasteiger partial charge in [-0.2, -0.15) is 0 Å². The van der Waals surface area contributed by atoms with E-state index in [-0.39, 0.29) is 11.2 Å². The lowest BCUT2D eigenvalue weighted by atomic mass is 10.1. The van der Waals surface area contributed by atoms with Gasteiger partial charge in [0.1, 0.15) is 0 Å². The molecule has 1 heterocycles. The third-order valence-corrected chi connectivity index (χ3v) is 3.07. The van der Waals surface area contributed by atoms with E-state index in [4.69, 9.17) is 17.3 Å². The van der Waals surface area contributed by atoms with Crippen LogP contribution in [0.2, 0.25) is 5.02 Å². The SMILES string of the molecule is Nc1cc2c(ccc3cc(Cl)ccc32)[nH]c1=O. The van der Waals surface area contributed by atoms with E-state index in [1.807, 2.05) is 30.3 Å². The zero-order valence-electron chi connectivity index (χ0n) is 8.83. The molecule has 17 heavy (non-hydrogen) atoms. The second-order valence-electron chi connectivity index (χ2n) is 3.95. The molecule has 3 rings (SSSR count). The summed E-state index contributed by atoms with van der Waals surface area (Å²) in [5.74, 6) is 0. The number of benzene rings is 2. The van der Waals surface area contributed by atoms with Crippen molar-refractivity contribution in [2.45, 2.75) is 0 Å². The minimum absolute atomic E-state index is 0.222. The first-order chi connectivity index (χ1) is 8.15. The summed E-state index contributed by atoms with van der Waals surface area (Å²) < 4.78 is 0. The first-order valence-electron chi connectivity index (χ1n) is 5.16. The number of halogens is 1. The van der Waals surface area contributed by atoms with Gasteiger partial charge in [0, 0.05) is 15.9 Å². The van der Waals surface area contributed by atoms with Gasteiger partial charge in [-0.1, -0.05) is 23.7 Å². The second kappa shape index (κ2) is 3.50. The zero-order valence-corrected chi connectivity index (χ0v) is 9.58. The summed E-state index contributed by atoms with van der Waals surface area (Å²) in [6.07, 6.45) is 0. The van der Waals surface area contributed by atoms with Crippen molar-refractivity contribution in [1.29, 1.82) is 0 Å². The maximum atomic E-state index is 11.4. The van der Waals surface area contributed by atoms with Gasteiger partial charge >= 0.3 is 0 Å². The molecule has 0 aliphatic heterocycles. The van der Waals surface area contributed by atoms with Gasteiger partial charge in [-0.25, -0.2) is 0 Å². The summed E-state index contributed by atoms with van der Waals surface area (Å²) in [4.78, 5) is 14.2. The van der Waals surface area contributed by atoms with Crippen LogP contribution < -0.4 is 11.3 Å². The van der Waals surface area contributed by atoms with Crippen LogP contribution in [0.4, 0.5) is 5.69 Å². The highest BCUT2D eigenvalue weighted by molar-refractivity contribution is 6.31. The van der Waals surface area contributed by atoms with E-state index >= 15 is 0 Å². The lowest BCUT2D eigenvalue weighted by Gasteiger charge is -2.04. The maximum Gasteiger partial charge on any atom is 0.271 e. The highest BCUT2D eigenvalue weighted by Gasteiger charge is 2.04. The van der Waals surface area contributed by atoms with Crippen molar-refractivity contribution in [3.63, 3.8) is 0 Å². The van der Waals surface area contributed by atoms with Gasteiger partial charge < -0.3 is 10.7 Å². The lowest BCUT2D eigenvalue weighted by molar-refractivity contribution is 1.31. The van der Waals surface area contributed by atoms with Crippen LogP contribution in [0.25, 0.3) is 21.7 Å². The van der Waals surface area contributed by atoms with E-state index in [1.165, 1.54) is 0 Å². The Morgan fingerprint density at radius 3 is 2.71 bits per heavy atom. The number of pyridine rings is 1. The minimum atomic E-state index is -0.259. The molecule has 0 unspecified atom stereocenters. The first kappa shape index (κ1) is 10.2. The number of H-pyrrole nitrogens is 1. The molecule has 84 valence electrons. The summed E-state index contributed by atoms with van der Waals surface area (Å²) in [6.45, 7) is 0. The summed E-state index contributed by atoms with van der Waals surface area (Å²) in [7, 11) is 0. The first-order valence-corrected chi connectivity index (χ1v) is 5.54. The van der Waals surface area contributed by atoms with Gasteiger partial charge in [0.2, 0.25) is 0 Å². The quantitative estimate of drug-likeness (QED) is 0.598. The zero-order chi connectivity index (χ0) is 12.0. The van der Waals surface area contributed by atoms with Crippen molar-refractivity contribution < 1.29 is 0 Å². The largest absolute Gasteiger partial charge is 0.394 e. The van der Waals surface area contributed by atoms with Crippen molar-refractivity contribution in [2.24, 2.45) is 0 Å². The van der Waals surface area contributed by atoms with E-state index in [0.29, 0.717) is 5.02 Å². The topological polar surface area (TPSA) is 58.9 Å². The van der Waals surface area contributed by atoms with Crippen LogP contribution in [0.1, 0.15) is 0 Å². The summed E-state index contributed by atoms with van der Waals surface area (Å²) in [5.41, 5.74) is 6.38. The Labute approximate surface area is 102 Å². The Morgan fingerprint density at radius 2 is 1.88 bits per heavy atom. The molecular weight excluding hydrogens is 236 g/mol. The predicted octanol–water partition coefficient (Wildman–Crippen LogP) is 2.92. The third kappa shape index (κ3) is 1.56. The fourth-order valence-electron chi connectivity index (χ4n) is 2.00. The van der Waals surface area contributed by atoms with Crippen LogP contribution in [-0.4, -0.2) is 4.98 Å². The van der Waals surface area contributed by atoms with Crippen LogP contribution in [-0.2, 0) is 0 Å². The van der Waals surface area contributed by atoms with Gasteiger partial charge in [-0.3, -0.25) is 4.79 Å². The number of nitrogens with one attached hydrogen (secondary N) is 1. The number of anilines is 1. The molecule has 0 aliphatic rings. The van der Waals surface area contributed by atoms with E-state index in [2.05, 4.69) is 4.98 Å².